The molecule has 0 spiro atoms. The molecule has 0 radical (unpaired) electrons. The predicted octanol–water partition coefficient (Wildman–Crippen LogP) is 3.46. The first-order chi connectivity index (χ1) is 11.2. The van der Waals surface area contributed by atoms with Crippen molar-refractivity contribution in [3.05, 3.63) is 70.8 Å². The van der Waals surface area contributed by atoms with Gasteiger partial charge in [-0.05, 0) is 43.2 Å². The molecule has 0 aliphatic rings. The van der Waals surface area contributed by atoms with Crippen molar-refractivity contribution >= 4 is 5.91 Å². The number of carbonyl (C=O) groups is 1. The smallest absolute Gasteiger partial charge is 0.254 e. The summed E-state index contributed by atoms with van der Waals surface area (Å²) in [5.41, 5.74) is -1.78. The molecule has 2 aromatic carbocycles. The highest BCUT2D eigenvalue weighted by Gasteiger charge is 2.35. The van der Waals surface area contributed by atoms with Crippen LogP contribution in [0, 0.1) is 18.6 Å². The van der Waals surface area contributed by atoms with E-state index in [9.17, 15) is 23.1 Å². The van der Waals surface area contributed by atoms with Gasteiger partial charge in [0.15, 0.2) is 5.67 Å². The van der Waals surface area contributed by atoms with Crippen molar-refractivity contribution < 1.29 is 23.1 Å². The van der Waals surface area contributed by atoms with Gasteiger partial charge >= 0.3 is 0 Å². The zero-order valence-electron chi connectivity index (χ0n) is 13.3. The van der Waals surface area contributed by atoms with Crippen LogP contribution in [0.15, 0.2) is 42.5 Å². The summed E-state index contributed by atoms with van der Waals surface area (Å²) in [5.74, 6) is -1.97. The molecule has 0 bridgehead atoms. The molecule has 1 amide bonds. The van der Waals surface area contributed by atoms with Gasteiger partial charge in [0, 0.05) is 0 Å². The van der Waals surface area contributed by atoms with Crippen LogP contribution in [-0.2, 0) is 0 Å². The molecule has 2 aromatic rings. The third kappa shape index (κ3) is 3.94. The van der Waals surface area contributed by atoms with Crippen LogP contribution in [0.25, 0.3) is 0 Å². The van der Waals surface area contributed by atoms with Gasteiger partial charge in [0.1, 0.15) is 17.7 Å². The minimum absolute atomic E-state index is 0.162. The lowest BCUT2D eigenvalue weighted by atomic mass is 9.94. The van der Waals surface area contributed by atoms with Crippen LogP contribution in [0.4, 0.5) is 13.2 Å². The number of hydrogen-bond acceptors (Lipinski definition) is 2. The fourth-order valence-corrected chi connectivity index (χ4v) is 2.35. The van der Waals surface area contributed by atoms with Gasteiger partial charge < -0.3 is 10.4 Å². The number of carbonyl (C=O) groups excluding carboxylic acids is 1. The zero-order chi connectivity index (χ0) is 17.9. The Bertz CT molecular complexity index is 709. The molecular weight excluding hydrogens is 319 g/mol. The van der Waals surface area contributed by atoms with Crippen LogP contribution >= 0.6 is 0 Å². The Kier molecular flexibility index (Phi) is 5.29. The Balaban J connectivity index is 2.09. The molecule has 3 nitrogen and oxygen atoms in total. The van der Waals surface area contributed by atoms with E-state index in [0.717, 1.165) is 25.1 Å². The lowest BCUT2D eigenvalue weighted by Gasteiger charge is -2.27. The summed E-state index contributed by atoms with van der Waals surface area (Å²) >= 11 is 0. The quantitative estimate of drug-likeness (QED) is 0.878. The lowest BCUT2D eigenvalue weighted by Crippen LogP contribution is -2.42. The molecule has 0 aromatic heterocycles. The Morgan fingerprint density at radius 1 is 1.21 bits per heavy atom. The minimum atomic E-state index is -2.22. The van der Waals surface area contributed by atoms with Crippen LogP contribution in [0.5, 0.6) is 0 Å². The fourth-order valence-electron chi connectivity index (χ4n) is 2.35. The molecule has 0 saturated heterocycles. The largest absolute Gasteiger partial charge is 0.385 e. The number of aryl methyl sites for hydroxylation is 1. The highest BCUT2D eigenvalue weighted by atomic mass is 19.1. The third-order valence-electron chi connectivity index (χ3n) is 3.80. The van der Waals surface area contributed by atoms with Gasteiger partial charge in [-0.2, -0.15) is 0 Å². The second-order valence-corrected chi connectivity index (χ2v) is 5.85. The van der Waals surface area contributed by atoms with Crippen LogP contribution in [-0.4, -0.2) is 23.2 Å². The Hall–Kier alpha value is -2.34. The lowest BCUT2D eigenvalue weighted by molar-refractivity contribution is 0.00351. The van der Waals surface area contributed by atoms with Crippen molar-refractivity contribution in [3.8, 4) is 0 Å². The molecule has 0 unspecified atom stereocenters. The molecule has 0 saturated carbocycles. The Labute approximate surface area is 138 Å². The zero-order valence-corrected chi connectivity index (χ0v) is 13.3. The topological polar surface area (TPSA) is 49.3 Å². The monoisotopic (exact) mass is 337 g/mol. The number of alkyl halides is 1. The van der Waals surface area contributed by atoms with E-state index in [1.54, 1.807) is 13.0 Å². The molecule has 128 valence electrons. The number of benzene rings is 2. The Morgan fingerprint density at radius 3 is 2.42 bits per heavy atom. The predicted molar refractivity (Wildman–Crippen MR) is 84.3 cm³/mol. The van der Waals surface area contributed by atoms with Gasteiger partial charge in [0.05, 0.1) is 12.1 Å². The molecule has 2 N–H and O–H groups in total. The van der Waals surface area contributed by atoms with Crippen LogP contribution in [0.2, 0.25) is 0 Å². The van der Waals surface area contributed by atoms with E-state index >= 15 is 0 Å². The van der Waals surface area contributed by atoms with E-state index in [1.165, 1.54) is 18.2 Å². The van der Waals surface area contributed by atoms with Gasteiger partial charge in [0.2, 0.25) is 0 Å². The number of hydrogen-bond donors (Lipinski definition) is 2. The van der Waals surface area contributed by atoms with E-state index in [4.69, 9.17) is 0 Å². The first-order valence-corrected chi connectivity index (χ1v) is 7.38. The summed E-state index contributed by atoms with van der Waals surface area (Å²) in [7, 11) is 0. The summed E-state index contributed by atoms with van der Waals surface area (Å²) in [6.45, 7) is 2.15. The molecule has 0 heterocycles. The van der Waals surface area contributed by atoms with Crippen molar-refractivity contribution in [3.63, 3.8) is 0 Å². The maximum Gasteiger partial charge on any atom is 0.254 e. The maximum absolute atomic E-state index is 14.7. The molecule has 6 heteroatoms. The second kappa shape index (κ2) is 7.05. The molecule has 0 aliphatic carbocycles. The maximum atomic E-state index is 14.7. The van der Waals surface area contributed by atoms with Crippen LogP contribution < -0.4 is 5.32 Å². The summed E-state index contributed by atoms with van der Waals surface area (Å²) in [4.78, 5) is 12.1. The van der Waals surface area contributed by atoms with Crippen molar-refractivity contribution in [1.82, 2.24) is 5.32 Å². The molecule has 24 heavy (non-hydrogen) atoms. The van der Waals surface area contributed by atoms with Gasteiger partial charge in [0.25, 0.3) is 5.91 Å². The third-order valence-corrected chi connectivity index (χ3v) is 3.80. The average Bonchev–Trinajstić information content (AvgIpc) is 2.53. The van der Waals surface area contributed by atoms with Crippen molar-refractivity contribution in [2.75, 3.05) is 6.54 Å². The first kappa shape index (κ1) is 18.0. The van der Waals surface area contributed by atoms with E-state index < -0.39 is 35.9 Å². The molecule has 0 aliphatic heterocycles. The number of nitrogens with one attached hydrogen (secondary N) is 1. The molecular formula is C18H18F3NO2. The summed E-state index contributed by atoms with van der Waals surface area (Å²) in [5, 5.41) is 12.4. The van der Waals surface area contributed by atoms with E-state index in [2.05, 4.69) is 5.32 Å². The number of amides is 1. The van der Waals surface area contributed by atoms with E-state index in [-0.39, 0.29) is 11.1 Å². The number of aliphatic hydroxyl groups is 1. The van der Waals surface area contributed by atoms with Crippen molar-refractivity contribution in [2.24, 2.45) is 0 Å². The summed E-state index contributed by atoms with van der Waals surface area (Å²) in [6.07, 6.45) is -1.57. The molecule has 2 rings (SSSR count). The molecule has 2 atom stereocenters. The standard InChI is InChI=1S/C18H18F3NO2/c1-11-4-3-5-14(20)15(11)17(24)22-10-18(2,21)16(23)12-6-8-13(19)9-7-12/h3-9,16,23H,10H2,1-2H3,(H,22,24)/t16-,18-/m0/s1. The van der Waals surface area contributed by atoms with E-state index in [1.807, 2.05) is 0 Å². The normalized spacial score (nSPS) is 14.8. The number of rotatable bonds is 5. The van der Waals surface area contributed by atoms with Gasteiger partial charge in [-0.15, -0.1) is 0 Å². The highest BCUT2D eigenvalue weighted by Crippen LogP contribution is 2.29. The van der Waals surface area contributed by atoms with Crippen LogP contribution in [0.1, 0.15) is 34.5 Å². The van der Waals surface area contributed by atoms with Crippen LogP contribution in [0.3, 0.4) is 0 Å². The summed E-state index contributed by atoms with van der Waals surface area (Å²) < 4.78 is 41.3. The number of aliphatic hydroxyl groups excluding tert-OH is 1. The van der Waals surface area contributed by atoms with Crippen molar-refractivity contribution in [1.29, 1.82) is 0 Å². The highest BCUT2D eigenvalue weighted by molar-refractivity contribution is 5.95. The summed E-state index contributed by atoms with van der Waals surface area (Å²) in [6, 6.07) is 8.93. The number of halogens is 3. The second-order valence-electron chi connectivity index (χ2n) is 5.85. The first-order valence-electron chi connectivity index (χ1n) is 7.38. The van der Waals surface area contributed by atoms with E-state index in [0.29, 0.717) is 5.56 Å². The van der Waals surface area contributed by atoms with Gasteiger partial charge in [-0.3, -0.25) is 4.79 Å². The SMILES string of the molecule is Cc1cccc(F)c1C(=O)NC[C@](C)(F)[C@@H](O)c1ccc(F)cc1. The van der Waals surface area contributed by atoms with Gasteiger partial charge in [-0.25, -0.2) is 13.2 Å². The fraction of sp³-hybridized carbons (Fsp3) is 0.278. The minimum Gasteiger partial charge on any atom is -0.385 e. The average molecular weight is 337 g/mol. The van der Waals surface area contributed by atoms with Crippen molar-refractivity contribution in [2.45, 2.75) is 25.6 Å². The molecule has 0 fully saturated rings. The van der Waals surface area contributed by atoms with Gasteiger partial charge in [-0.1, -0.05) is 24.3 Å². The Morgan fingerprint density at radius 2 is 1.83 bits per heavy atom.